The van der Waals surface area contributed by atoms with E-state index < -0.39 is 29.3 Å². The van der Waals surface area contributed by atoms with Crippen molar-refractivity contribution in [3.63, 3.8) is 0 Å². The molecular formula is C7H3F3INO2. The Kier molecular flexibility index (Phi) is 3.29. The molecule has 3 nitrogen and oxygen atoms in total. The van der Waals surface area contributed by atoms with Crippen molar-refractivity contribution >= 4 is 28.6 Å². The molecule has 1 rings (SSSR count). The molecule has 0 spiro atoms. The van der Waals surface area contributed by atoms with Crippen molar-refractivity contribution in [2.24, 2.45) is 0 Å². The number of rotatable bonds is 2. The van der Waals surface area contributed by atoms with Crippen LogP contribution < -0.4 is 0 Å². The summed E-state index contributed by atoms with van der Waals surface area (Å²) in [6.07, 6.45) is -2.39. The highest BCUT2D eigenvalue weighted by atomic mass is 127. The van der Waals surface area contributed by atoms with E-state index in [0.717, 1.165) is 0 Å². The van der Waals surface area contributed by atoms with Crippen LogP contribution in [-0.2, 0) is 0 Å². The predicted molar refractivity (Wildman–Crippen MR) is 48.8 cm³/mol. The molecule has 1 N–H and O–H groups in total. The molecule has 1 heterocycles. The molecule has 0 saturated carbocycles. The summed E-state index contributed by atoms with van der Waals surface area (Å²) >= 11 is 1.43. The standard InChI is InChI=1S/C7H3F3INO2/c8-4-3(7(13)14)2(5(9)10)1-12-6(4)11/h1,5H,(H,13,14). The zero-order valence-electron chi connectivity index (χ0n) is 6.47. The van der Waals surface area contributed by atoms with Crippen LogP contribution in [0.5, 0.6) is 0 Å². The van der Waals surface area contributed by atoms with E-state index in [2.05, 4.69) is 4.98 Å². The molecular weight excluding hydrogens is 314 g/mol. The number of hydrogen-bond donors (Lipinski definition) is 1. The van der Waals surface area contributed by atoms with E-state index in [1.54, 1.807) is 0 Å². The predicted octanol–water partition coefficient (Wildman–Crippen LogP) is 2.46. The van der Waals surface area contributed by atoms with Crippen molar-refractivity contribution in [1.29, 1.82) is 0 Å². The third-order valence-electron chi connectivity index (χ3n) is 1.46. The van der Waals surface area contributed by atoms with Crippen LogP contribution >= 0.6 is 22.6 Å². The van der Waals surface area contributed by atoms with Gasteiger partial charge < -0.3 is 5.11 Å². The molecule has 14 heavy (non-hydrogen) atoms. The fourth-order valence-electron chi connectivity index (χ4n) is 0.860. The van der Waals surface area contributed by atoms with E-state index in [4.69, 9.17) is 5.11 Å². The lowest BCUT2D eigenvalue weighted by Crippen LogP contribution is -2.09. The second kappa shape index (κ2) is 4.11. The fourth-order valence-corrected chi connectivity index (χ4v) is 1.27. The molecule has 0 unspecified atom stereocenters. The van der Waals surface area contributed by atoms with Gasteiger partial charge in [-0.25, -0.2) is 22.9 Å². The maximum atomic E-state index is 13.1. The molecule has 0 atom stereocenters. The second-order valence-electron chi connectivity index (χ2n) is 2.30. The van der Waals surface area contributed by atoms with E-state index in [0.29, 0.717) is 6.20 Å². The number of alkyl halides is 2. The first-order chi connectivity index (χ1) is 6.45. The SMILES string of the molecule is O=C(O)c1c(C(F)F)cnc(I)c1F. The Balaban J connectivity index is 3.45. The van der Waals surface area contributed by atoms with Crippen molar-refractivity contribution in [2.45, 2.75) is 6.43 Å². The third-order valence-corrected chi connectivity index (χ3v) is 2.21. The monoisotopic (exact) mass is 317 g/mol. The normalized spacial score (nSPS) is 10.6. The first kappa shape index (κ1) is 11.2. The summed E-state index contributed by atoms with van der Waals surface area (Å²) in [6.45, 7) is 0. The van der Waals surface area contributed by atoms with E-state index in [-0.39, 0.29) is 3.70 Å². The van der Waals surface area contributed by atoms with Gasteiger partial charge in [0.15, 0.2) is 5.82 Å². The number of pyridine rings is 1. The number of aromatic nitrogens is 1. The minimum atomic E-state index is -3.06. The van der Waals surface area contributed by atoms with Crippen LogP contribution in [0.4, 0.5) is 13.2 Å². The molecule has 1 aromatic heterocycles. The minimum Gasteiger partial charge on any atom is -0.478 e. The molecule has 0 aromatic carbocycles. The molecule has 1 aromatic rings. The van der Waals surface area contributed by atoms with Gasteiger partial charge in [-0.15, -0.1) is 0 Å². The van der Waals surface area contributed by atoms with Crippen LogP contribution in [-0.4, -0.2) is 16.1 Å². The molecule has 0 aliphatic carbocycles. The maximum Gasteiger partial charge on any atom is 0.339 e. The number of halogens is 4. The number of aromatic carboxylic acids is 1. The van der Waals surface area contributed by atoms with Gasteiger partial charge in [0.1, 0.15) is 9.26 Å². The number of hydrogen-bond acceptors (Lipinski definition) is 2. The van der Waals surface area contributed by atoms with Crippen molar-refractivity contribution in [2.75, 3.05) is 0 Å². The average molecular weight is 317 g/mol. The Labute approximate surface area is 90.1 Å². The molecule has 76 valence electrons. The van der Waals surface area contributed by atoms with Crippen LogP contribution in [0.2, 0.25) is 0 Å². The summed E-state index contributed by atoms with van der Waals surface area (Å²) in [5.41, 5.74) is -1.92. The highest BCUT2D eigenvalue weighted by Gasteiger charge is 2.24. The zero-order chi connectivity index (χ0) is 10.9. The van der Waals surface area contributed by atoms with Crippen molar-refractivity contribution < 1.29 is 23.1 Å². The number of carboxylic acids is 1. The molecule has 7 heteroatoms. The number of carbonyl (C=O) groups is 1. The van der Waals surface area contributed by atoms with Gasteiger partial charge in [0.25, 0.3) is 6.43 Å². The van der Waals surface area contributed by atoms with E-state index >= 15 is 0 Å². The zero-order valence-corrected chi connectivity index (χ0v) is 8.63. The van der Waals surface area contributed by atoms with Gasteiger partial charge in [0, 0.05) is 6.20 Å². The number of nitrogens with zero attached hydrogens (tertiary/aromatic N) is 1. The topological polar surface area (TPSA) is 50.2 Å². The molecule has 0 fully saturated rings. The molecule has 0 aliphatic rings. The molecule has 0 bridgehead atoms. The summed E-state index contributed by atoms with van der Waals surface area (Å²) in [6, 6.07) is 0. The second-order valence-corrected chi connectivity index (χ2v) is 3.32. The van der Waals surface area contributed by atoms with Gasteiger partial charge in [-0.2, -0.15) is 0 Å². The van der Waals surface area contributed by atoms with E-state index in [9.17, 15) is 18.0 Å². The Hall–Kier alpha value is -0.860. The van der Waals surface area contributed by atoms with E-state index in [1.165, 1.54) is 22.6 Å². The quantitative estimate of drug-likeness (QED) is 0.673. The molecule has 0 amide bonds. The van der Waals surface area contributed by atoms with Crippen LogP contribution in [0.3, 0.4) is 0 Å². The summed E-state index contributed by atoms with van der Waals surface area (Å²) < 4.78 is 37.3. The van der Waals surface area contributed by atoms with Crippen LogP contribution in [0, 0.1) is 9.52 Å². The van der Waals surface area contributed by atoms with Gasteiger partial charge in [-0.3, -0.25) is 0 Å². The largest absolute Gasteiger partial charge is 0.478 e. The van der Waals surface area contributed by atoms with Crippen molar-refractivity contribution in [3.05, 3.63) is 26.8 Å². The minimum absolute atomic E-state index is 0.246. The van der Waals surface area contributed by atoms with Gasteiger partial charge in [-0.1, -0.05) is 0 Å². The van der Waals surface area contributed by atoms with E-state index in [1.807, 2.05) is 0 Å². The molecule has 0 radical (unpaired) electrons. The Morgan fingerprint density at radius 3 is 2.57 bits per heavy atom. The first-order valence-electron chi connectivity index (χ1n) is 3.30. The average Bonchev–Trinajstić information content (AvgIpc) is 2.08. The Morgan fingerprint density at radius 2 is 2.14 bits per heavy atom. The van der Waals surface area contributed by atoms with Crippen LogP contribution in [0.15, 0.2) is 6.20 Å². The van der Waals surface area contributed by atoms with Crippen LogP contribution in [0.25, 0.3) is 0 Å². The lowest BCUT2D eigenvalue weighted by molar-refractivity contribution is 0.0678. The van der Waals surface area contributed by atoms with Gasteiger partial charge in [0.05, 0.1) is 5.56 Å². The summed E-state index contributed by atoms with van der Waals surface area (Å²) in [5.74, 6) is -2.95. The fraction of sp³-hybridized carbons (Fsp3) is 0.143. The number of carboxylic acid groups (broad SMARTS) is 1. The highest BCUT2D eigenvalue weighted by Crippen LogP contribution is 2.25. The van der Waals surface area contributed by atoms with Crippen molar-refractivity contribution in [1.82, 2.24) is 4.98 Å². The lowest BCUT2D eigenvalue weighted by atomic mass is 10.1. The highest BCUT2D eigenvalue weighted by molar-refractivity contribution is 14.1. The Morgan fingerprint density at radius 1 is 1.57 bits per heavy atom. The molecule has 0 saturated heterocycles. The van der Waals surface area contributed by atoms with Gasteiger partial charge in [0.2, 0.25) is 0 Å². The summed E-state index contributed by atoms with van der Waals surface area (Å²) in [5, 5.41) is 8.52. The first-order valence-corrected chi connectivity index (χ1v) is 4.38. The van der Waals surface area contributed by atoms with Gasteiger partial charge in [-0.05, 0) is 22.6 Å². The summed E-state index contributed by atoms with van der Waals surface area (Å²) in [4.78, 5) is 13.8. The smallest absolute Gasteiger partial charge is 0.339 e. The lowest BCUT2D eigenvalue weighted by Gasteiger charge is -2.05. The third kappa shape index (κ3) is 1.97. The Bertz CT molecular complexity index is 383. The van der Waals surface area contributed by atoms with Gasteiger partial charge >= 0.3 is 5.97 Å². The van der Waals surface area contributed by atoms with Crippen LogP contribution in [0.1, 0.15) is 22.3 Å². The maximum absolute atomic E-state index is 13.1. The molecule has 0 aliphatic heterocycles. The summed E-state index contributed by atoms with van der Waals surface area (Å²) in [7, 11) is 0. The van der Waals surface area contributed by atoms with Crippen molar-refractivity contribution in [3.8, 4) is 0 Å².